The van der Waals surface area contributed by atoms with Crippen LogP contribution >= 0.6 is 23.2 Å². The van der Waals surface area contributed by atoms with Crippen molar-refractivity contribution in [3.63, 3.8) is 0 Å². The van der Waals surface area contributed by atoms with Gasteiger partial charge >= 0.3 is 0 Å². The quantitative estimate of drug-likeness (QED) is 0.729. The Hall–Kier alpha value is -1.27. The Morgan fingerprint density at radius 1 is 1.33 bits per heavy atom. The number of hydrogen-bond acceptors (Lipinski definition) is 4. The van der Waals surface area contributed by atoms with Crippen molar-refractivity contribution in [2.75, 3.05) is 19.7 Å². The minimum Gasteiger partial charge on any atom is -0.488 e. The number of hydrogen-bond donors (Lipinski definition) is 2. The molecule has 0 radical (unpaired) electrons. The molecule has 0 amide bonds. The van der Waals surface area contributed by atoms with Crippen molar-refractivity contribution in [3.05, 3.63) is 47.0 Å². The van der Waals surface area contributed by atoms with Crippen LogP contribution in [0.5, 0.6) is 5.75 Å². The fourth-order valence-electron chi connectivity index (χ4n) is 1.75. The van der Waals surface area contributed by atoms with Crippen LogP contribution in [0.3, 0.4) is 0 Å². The van der Waals surface area contributed by atoms with E-state index in [-0.39, 0.29) is 6.61 Å². The van der Waals surface area contributed by atoms with Gasteiger partial charge in [0, 0.05) is 32.0 Å². The van der Waals surface area contributed by atoms with Crippen LogP contribution in [0.25, 0.3) is 0 Å². The van der Waals surface area contributed by atoms with Gasteiger partial charge in [-0.15, -0.1) is 0 Å². The van der Waals surface area contributed by atoms with Crippen LogP contribution in [0.2, 0.25) is 10.0 Å². The molecule has 7 heteroatoms. The summed E-state index contributed by atoms with van der Waals surface area (Å²) in [4.78, 5) is 3.96. The first kappa shape index (κ1) is 16.1. The number of benzene rings is 1. The van der Waals surface area contributed by atoms with Crippen molar-refractivity contribution in [3.8, 4) is 5.75 Å². The largest absolute Gasteiger partial charge is 0.488 e. The van der Waals surface area contributed by atoms with Gasteiger partial charge in [-0.2, -0.15) is 0 Å². The molecule has 1 aromatic carbocycles. The number of aliphatic hydroxyl groups is 1. The first-order valence-corrected chi connectivity index (χ1v) is 7.33. The lowest BCUT2D eigenvalue weighted by molar-refractivity contribution is 0.106. The summed E-state index contributed by atoms with van der Waals surface area (Å²) in [5.74, 6) is 0.401. The van der Waals surface area contributed by atoms with Crippen molar-refractivity contribution >= 4 is 23.2 Å². The van der Waals surface area contributed by atoms with E-state index in [1.807, 2.05) is 10.8 Å². The van der Waals surface area contributed by atoms with Gasteiger partial charge in [0.25, 0.3) is 0 Å². The smallest absolute Gasteiger partial charge is 0.156 e. The third-order valence-electron chi connectivity index (χ3n) is 2.82. The van der Waals surface area contributed by atoms with Crippen molar-refractivity contribution in [2.24, 2.45) is 0 Å². The third-order valence-corrected chi connectivity index (χ3v) is 3.42. The molecule has 1 atom stereocenters. The van der Waals surface area contributed by atoms with Crippen LogP contribution in [-0.4, -0.2) is 40.5 Å². The number of aliphatic hydroxyl groups excluding tert-OH is 1. The van der Waals surface area contributed by atoms with Crippen LogP contribution in [0, 0.1) is 0 Å². The van der Waals surface area contributed by atoms with Crippen LogP contribution in [0.1, 0.15) is 0 Å². The van der Waals surface area contributed by atoms with Gasteiger partial charge in [-0.1, -0.05) is 29.3 Å². The molecule has 0 aliphatic carbocycles. The molecule has 0 bridgehead atoms. The Kier molecular flexibility index (Phi) is 6.32. The Labute approximate surface area is 133 Å². The highest BCUT2D eigenvalue weighted by molar-refractivity contribution is 6.37. The monoisotopic (exact) mass is 329 g/mol. The van der Waals surface area contributed by atoms with Crippen molar-refractivity contribution in [1.82, 2.24) is 14.9 Å². The number of para-hydroxylation sites is 1. The summed E-state index contributed by atoms with van der Waals surface area (Å²) in [5, 5.41) is 13.9. The third kappa shape index (κ3) is 5.21. The van der Waals surface area contributed by atoms with Gasteiger partial charge in [-0.3, -0.25) is 0 Å². The zero-order chi connectivity index (χ0) is 15.1. The first-order chi connectivity index (χ1) is 10.2. The number of nitrogens with zero attached hydrogens (tertiary/aromatic N) is 2. The van der Waals surface area contributed by atoms with E-state index >= 15 is 0 Å². The van der Waals surface area contributed by atoms with Gasteiger partial charge in [0.1, 0.15) is 12.7 Å². The Balaban J connectivity index is 1.66. The van der Waals surface area contributed by atoms with Gasteiger partial charge in [0.15, 0.2) is 5.75 Å². The van der Waals surface area contributed by atoms with Gasteiger partial charge in [-0.25, -0.2) is 4.98 Å². The number of ether oxygens (including phenoxy) is 1. The molecule has 5 nitrogen and oxygen atoms in total. The lowest BCUT2D eigenvalue weighted by atomic mass is 10.3. The summed E-state index contributed by atoms with van der Waals surface area (Å²) in [5.41, 5.74) is 0. The molecule has 2 N–H and O–H groups in total. The highest BCUT2D eigenvalue weighted by atomic mass is 35.5. The van der Waals surface area contributed by atoms with Crippen LogP contribution in [-0.2, 0) is 6.54 Å². The lowest BCUT2D eigenvalue weighted by Crippen LogP contribution is -2.33. The number of nitrogens with one attached hydrogen (secondary N) is 1. The van der Waals surface area contributed by atoms with Crippen molar-refractivity contribution in [2.45, 2.75) is 12.6 Å². The Morgan fingerprint density at radius 2 is 2.10 bits per heavy atom. The average Bonchev–Trinajstić information content (AvgIpc) is 2.96. The Bertz CT molecular complexity index is 529. The molecule has 21 heavy (non-hydrogen) atoms. The molecule has 1 heterocycles. The van der Waals surface area contributed by atoms with Gasteiger partial charge in [0.05, 0.1) is 16.4 Å². The number of imidazole rings is 1. The van der Waals surface area contributed by atoms with E-state index in [0.717, 1.165) is 13.1 Å². The summed E-state index contributed by atoms with van der Waals surface area (Å²) in [6.45, 7) is 2.09. The Morgan fingerprint density at radius 3 is 2.76 bits per heavy atom. The molecule has 2 rings (SSSR count). The highest BCUT2D eigenvalue weighted by Crippen LogP contribution is 2.32. The summed E-state index contributed by atoms with van der Waals surface area (Å²) in [6, 6.07) is 5.13. The second kappa shape index (κ2) is 8.24. The van der Waals surface area contributed by atoms with E-state index in [1.54, 1.807) is 30.7 Å². The standard InChI is InChI=1S/C14H17Cl2N3O2/c15-12-2-1-3-13(16)14(12)21-9-11(20)8-17-4-6-19-7-5-18-10-19/h1-3,5,7,10-11,17,20H,4,6,8-9H2. The second-order valence-corrected chi connectivity index (χ2v) is 5.33. The molecule has 0 aliphatic heterocycles. The molecule has 0 saturated heterocycles. The number of aromatic nitrogens is 2. The van der Waals surface area contributed by atoms with Gasteiger partial charge in [0.2, 0.25) is 0 Å². The molecular weight excluding hydrogens is 313 g/mol. The average molecular weight is 330 g/mol. The van der Waals surface area contributed by atoms with Gasteiger partial charge < -0.3 is 19.7 Å². The SMILES string of the molecule is OC(CNCCn1ccnc1)COc1c(Cl)cccc1Cl. The fraction of sp³-hybridized carbons (Fsp3) is 0.357. The summed E-state index contributed by atoms with van der Waals surface area (Å²) >= 11 is 12.0. The minimum atomic E-state index is -0.639. The molecule has 0 saturated carbocycles. The zero-order valence-corrected chi connectivity index (χ0v) is 12.9. The highest BCUT2D eigenvalue weighted by Gasteiger charge is 2.10. The molecule has 0 fully saturated rings. The molecule has 0 aliphatic rings. The number of rotatable bonds is 8. The maximum absolute atomic E-state index is 9.86. The van der Waals surface area contributed by atoms with E-state index < -0.39 is 6.10 Å². The van der Waals surface area contributed by atoms with E-state index in [9.17, 15) is 5.11 Å². The van der Waals surface area contributed by atoms with E-state index in [4.69, 9.17) is 27.9 Å². The molecule has 1 aromatic heterocycles. The van der Waals surface area contributed by atoms with Crippen molar-refractivity contribution < 1.29 is 9.84 Å². The maximum atomic E-state index is 9.86. The van der Waals surface area contributed by atoms with Crippen LogP contribution in [0.15, 0.2) is 36.9 Å². The normalized spacial score (nSPS) is 12.3. The predicted molar refractivity (Wildman–Crippen MR) is 83.1 cm³/mol. The van der Waals surface area contributed by atoms with E-state index in [2.05, 4.69) is 10.3 Å². The van der Waals surface area contributed by atoms with E-state index in [1.165, 1.54) is 0 Å². The second-order valence-electron chi connectivity index (χ2n) is 4.52. The topological polar surface area (TPSA) is 59.3 Å². The molecular formula is C14H17Cl2N3O2. The van der Waals surface area contributed by atoms with E-state index in [0.29, 0.717) is 22.3 Å². The summed E-state index contributed by atoms with van der Waals surface area (Å²) in [7, 11) is 0. The zero-order valence-electron chi connectivity index (χ0n) is 11.4. The minimum absolute atomic E-state index is 0.127. The molecule has 1 unspecified atom stereocenters. The van der Waals surface area contributed by atoms with Crippen LogP contribution in [0.4, 0.5) is 0 Å². The first-order valence-electron chi connectivity index (χ1n) is 6.58. The molecule has 0 spiro atoms. The van der Waals surface area contributed by atoms with Gasteiger partial charge in [-0.05, 0) is 12.1 Å². The summed E-state index contributed by atoms with van der Waals surface area (Å²) in [6.07, 6.45) is 4.73. The van der Waals surface area contributed by atoms with Crippen LogP contribution < -0.4 is 10.1 Å². The fourth-order valence-corrected chi connectivity index (χ4v) is 2.26. The summed E-state index contributed by atoms with van der Waals surface area (Å²) < 4.78 is 7.42. The lowest BCUT2D eigenvalue weighted by Gasteiger charge is -2.15. The number of halogens is 2. The molecule has 114 valence electrons. The maximum Gasteiger partial charge on any atom is 0.156 e. The molecule has 2 aromatic rings. The van der Waals surface area contributed by atoms with Crippen molar-refractivity contribution in [1.29, 1.82) is 0 Å². The predicted octanol–water partition coefficient (Wildman–Crippen LogP) is 2.22.